The van der Waals surface area contributed by atoms with E-state index in [1.165, 1.54) is 0 Å². The number of nitrogens with one attached hydrogen (secondary N) is 1. The summed E-state index contributed by atoms with van der Waals surface area (Å²) in [6, 6.07) is -0.570. The molecule has 18 heavy (non-hydrogen) atoms. The van der Waals surface area contributed by atoms with Crippen LogP contribution in [0.1, 0.15) is 32.1 Å². The van der Waals surface area contributed by atoms with Gasteiger partial charge in [-0.05, 0) is 44.7 Å². The molecule has 1 aliphatic carbocycles. The fourth-order valence-corrected chi connectivity index (χ4v) is 3.44. The summed E-state index contributed by atoms with van der Waals surface area (Å²) in [5, 5.41) is 12.3. The average molecular weight is 254 g/mol. The molecule has 0 spiro atoms. The second-order valence-electron chi connectivity index (χ2n) is 5.39. The number of aliphatic carboxylic acids is 1. The van der Waals surface area contributed by atoms with Gasteiger partial charge in [-0.15, -0.1) is 0 Å². The van der Waals surface area contributed by atoms with E-state index in [0.717, 1.165) is 32.2 Å². The zero-order chi connectivity index (χ0) is 13.1. The van der Waals surface area contributed by atoms with Gasteiger partial charge < -0.3 is 15.3 Å². The zero-order valence-electron chi connectivity index (χ0n) is 10.9. The van der Waals surface area contributed by atoms with E-state index in [2.05, 4.69) is 5.32 Å². The smallest absolute Gasteiger partial charge is 0.326 e. The molecule has 1 amide bonds. The Hall–Kier alpha value is -1.10. The van der Waals surface area contributed by atoms with Crippen LogP contribution in [0, 0.1) is 11.8 Å². The molecule has 2 N–H and O–H groups in total. The maximum atomic E-state index is 12.1. The lowest BCUT2D eigenvalue weighted by Gasteiger charge is -2.24. The zero-order valence-corrected chi connectivity index (χ0v) is 10.9. The summed E-state index contributed by atoms with van der Waals surface area (Å²) >= 11 is 0. The molecule has 0 bridgehead atoms. The van der Waals surface area contributed by atoms with Crippen LogP contribution in [0.2, 0.25) is 0 Å². The molecule has 2 rings (SSSR count). The summed E-state index contributed by atoms with van der Waals surface area (Å²) in [4.78, 5) is 25.1. The first-order chi connectivity index (χ1) is 8.65. The van der Waals surface area contributed by atoms with Crippen LogP contribution in [0.3, 0.4) is 0 Å². The summed E-state index contributed by atoms with van der Waals surface area (Å²) < 4.78 is 0. The van der Waals surface area contributed by atoms with Gasteiger partial charge in [0.2, 0.25) is 5.91 Å². The number of nitrogens with zero attached hydrogens (tertiary/aromatic N) is 1. The molecule has 102 valence electrons. The van der Waals surface area contributed by atoms with Gasteiger partial charge in [0.05, 0.1) is 0 Å². The number of fused-ring (bicyclic) bond motifs is 1. The van der Waals surface area contributed by atoms with Crippen LogP contribution in [0.15, 0.2) is 0 Å². The summed E-state index contributed by atoms with van der Waals surface area (Å²) in [6.07, 6.45) is 4.37. The molecule has 2 fully saturated rings. The molecule has 0 aromatic rings. The second kappa shape index (κ2) is 5.69. The van der Waals surface area contributed by atoms with Gasteiger partial charge in [-0.3, -0.25) is 4.79 Å². The van der Waals surface area contributed by atoms with Crippen LogP contribution in [-0.2, 0) is 9.59 Å². The summed E-state index contributed by atoms with van der Waals surface area (Å²) in [6.45, 7) is 1.45. The topological polar surface area (TPSA) is 69.6 Å². The number of likely N-dealkylation sites (tertiary alicyclic amines) is 1. The first kappa shape index (κ1) is 13.3. The second-order valence-corrected chi connectivity index (χ2v) is 5.39. The SMILES string of the molecule is CNCCCC(=O)N1CC2CCCC2C1C(=O)O. The molecular formula is C13H22N2O3. The molecule has 1 saturated carbocycles. The standard InChI is InChI=1S/C13H22N2O3/c1-14-7-3-6-11(16)15-8-9-4-2-5-10(9)12(15)13(17)18/h9-10,12,14H,2-8H2,1H3,(H,17,18). The van der Waals surface area contributed by atoms with Gasteiger partial charge in [-0.25, -0.2) is 4.79 Å². The van der Waals surface area contributed by atoms with E-state index in [1.54, 1.807) is 4.90 Å². The third kappa shape index (κ3) is 2.51. The van der Waals surface area contributed by atoms with Gasteiger partial charge in [-0.1, -0.05) is 6.42 Å². The highest BCUT2D eigenvalue weighted by molar-refractivity contribution is 5.84. The van der Waals surface area contributed by atoms with Crippen molar-refractivity contribution in [2.24, 2.45) is 11.8 Å². The number of hydrogen-bond acceptors (Lipinski definition) is 3. The van der Waals surface area contributed by atoms with E-state index in [-0.39, 0.29) is 11.8 Å². The van der Waals surface area contributed by atoms with E-state index in [0.29, 0.717) is 18.9 Å². The fourth-order valence-electron chi connectivity index (χ4n) is 3.44. The van der Waals surface area contributed by atoms with Gasteiger partial charge in [0, 0.05) is 13.0 Å². The molecule has 3 atom stereocenters. The van der Waals surface area contributed by atoms with Crippen molar-refractivity contribution in [3.63, 3.8) is 0 Å². The highest BCUT2D eigenvalue weighted by Crippen LogP contribution is 2.42. The highest BCUT2D eigenvalue weighted by atomic mass is 16.4. The maximum absolute atomic E-state index is 12.1. The summed E-state index contributed by atoms with van der Waals surface area (Å²) in [5.41, 5.74) is 0. The van der Waals surface area contributed by atoms with Gasteiger partial charge in [0.15, 0.2) is 0 Å². The van der Waals surface area contributed by atoms with Crippen molar-refractivity contribution in [1.82, 2.24) is 10.2 Å². The predicted octanol–water partition coefficient (Wildman–Crippen LogP) is 0.698. The Morgan fingerprint density at radius 1 is 1.39 bits per heavy atom. The first-order valence-electron chi connectivity index (χ1n) is 6.82. The van der Waals surface area contributed by atoms with Crippen molar-refractivity contribution < 1.29 is 14.7 Å². The number of carboxylic acid groups (broad SMARTS) is 1. The third-order valence-corrected chi connectivity index (χ3v) is 4.28. The lowest BCUT2D eigenvalue weighted by Crippen LogP contribution is -2.43. The number of carbonyl (C=O) groups is 2. The Labute approximate surface area is 108 Å². The molecule has 0 radical (unpaired) electrons. The van der Waals surface area contributed by atoms with Gasteiger partial charge in [-0.2, -0.15) is 0 Å². The van der Waals surface area contributed by atoms with Crippen molar-refractivity contribution >= 4 is 11.9 Å². The first-order valence-corrected chi connectivity index (χ1v) is 6.82. The van der Waals surface area contributed by atoms with Crippen molar-refractivity contribution in [1.29, 1.82) is 0 Å². The molecule has 5 nitrogen and oxygen atoms in total. The number of rotatable bonds is 5. The van der Waals surface area contributed by atoms with Gasteiger partial charge in [0.25, 0.3) is 0 Å². The van der Waals surface area contributed by atoms with E-state index >= 15 is 0 Å². The predicted molar refractivity (Wildman–Crippen MR) is 67.1 cm³/mol. The van der Waals surface area contributed by atoms with Crippen molar-refractivity contribution in [3.8, 4) is 0 Å². The Morgan fingerprint density at radius 3 is 2.83 bits per heavy atom. The lowest BCUT2D eigenvalue weighted by atomic mass is 9.94. The fraction of sp³-hybridized carbons (Fsp3) is 0.846. The summed E-state index contributed by atoms with van der Waals surface area (Å²) in [7, 11) is 1.85. The molecule has 1 saturated heterocycles. The monoisotopic (exact) mass is 254 g/mol. The minimum atomic E-state index is -0.827. The van der Waals surface area contributed by atoms with Gasteiger partial charge in [0.1, 0.15) is 6.04 Å². The average Bonchev–Trinajstić information content (AvgIpc) is 2.87. The van der Waals surface area contributed by atoms with E-state index in [1.807, 2.05) is 7.05 Å². The maximum Gasteiger partial charge on any atom is 0.326 e. The minimum absolute atomic E-state index is 0.00653. The third-order valence-electron chi connectivity index (χ3n) is 4.28. The van der Waals surface area contributed by atoms with Crippen molar-refractivity contribution in [3.05, 3.63) is 0 Å². The molecule has 1 aliphatic heterocycles. The lowest BCUT2D eigenvalue weighted by molar-refractivity contribution is -0.149. The van der Waals surface area contributed by atoms with Crippen LogP contribution in [0.4, 0.5) is 0 Å². The van der Waals surface area contributed by atoms with Gasteiger partial charge >= 0.3 is 5.97 Å². The van der Waals surface area contributed by atoms with Crippen LogP contribution in [0.5, 0.6) is 0 Å². The van der Waals surface area contributed by atoms with Crippen LogP contribution >= 0.6 is 0 Å². The normalized spacial score (nSPS) is 30.5. The van der Waals surface area contributed by atoms with E-state index in [9.17, 15) is 14.7 Å². The number of carboxylic acids is 1. The molecular weight excluding hydrogens is 232 g/mol. The molecule has 5 heteroatoms. The Morgan fingerprint density at radius 2 is 2.17 bits per heavy atom. The van der Waals surface area contributed by atoms with Crippen LogP contribution < -0.4 is 5.32 Å². The summed E-state index contributed by atoms with van der Waals surface area (Å²) in [5.74, 6) is -0.214. The largest absolute Gasteiger partial charge is 0.480 e. The quantitative estimate of drug-likeness (QED) is 0.709. The Balaban J connectivity index is 1.98. The minimum Gasteiger partial charge on any atom is -0.480 e. The van der Waals surface area contributed by atoms with Crippen molar-refractivity contribution in [2.75, 3.05) is 20.1 Å². The number of amides is 1. The van der Waals surface area contributed by atoms with Crippen LogP contribution in [-0.4, -0.2) is 48.1 Å². The molecule has 2 aliphatic rings. The van der Waals surface area contributed by atoms with E-state index in [4.69, 9.17) is 0 Å². The molecule has 0 aromatic carbocycles. The molecule has 1 heterocycles. The number of carbonyl (C=O) groups excluding carboxylic acids is 1. The van der Waals surface area contributed by atoms with Crippen molar-refractivity contribution in [2.45, 2.75) is 38.1 Å². The Bertz CT molecular complexity index is 332. The Kier molecular flexibility index (Phi) is 4.22. The molecule has 3 unspecified atom stereocenters. The van der Waals surface area contributed by atoms with E-state index < -0.39 is 12.0 Å². The molecule has 0 aromatic heterocycles. The number of hydrogen-bond donors (Lipinski definition) is 2. The highest BCUT2D eigenvalue weighted by Gasteiger charge is 2.49. The van der Waals surface area contributed by atoms with Crippen LogP contribution in [0.25, 0.3) is 0 Å².